The van der Waals surface area contributed by atoms with E-state index in [1.54, 1.807) is 0 Å². The predicted molar refractivity (Wildman–Crippen MR) is 152 cm³/mol. The van der Waals surface area contributed by atoms with Gasteiger partial charge in [0.05, 0.1) is 5.56 Å². The third-order valence-electron chi connectivity index (χ3n) is 6.92. The Hall–Kier alpha value is -3.59. The van der Waals surface area contributed by atoms with Crippen LogP contribution in [-0.2, 0) is 0 Å². The summed E-state index contributed by atoms with van der Waals surface area (Å²) < 4.78 is 0. The Kier molecular flexibility index (Phi) is 7.87. The first-order chi connectivity index (χ1) is 17.1. The number of rotatable bonds is 8. The van der Waals surface area contributed by atoms with E-state index >= 15 is 0 Å². The average molecular weight is 465 g/mol. The molecule has 1 aliphatic carbocycles. The van der Waals surface area contributed by atoms with Gasteiger partial charge >= 0.3 is 0 Å². The van der Waals surface area contributed by atoms with Crippen molar-refractivity contribution in [1.29, 1.82) is 0 Å². The molecule has 0 atom stereocenters. The Labute approximate surface area is 211 Å². The summed E-state index contributed by atoms with van der Waals surface area (Å²) >= 11 is 0. The highest BCUT2D eigenvalue weighted by molar-refractivity contribution is 6.17. The lowest BCUT2D eigenvalue weighted by atomic mass is 9.83. The molecule has 3 aromatic rings. The van der Waals surface area contributed by atoms with Crippen LogP contribution in [0.3, 0.4) is 0 Å². The molecule has 0 saturated carbocycles. The fourth-order valence-corrected chi connectivity index (χ4v) is 4.83. The van der Waals surface area contributed by atoms with Gasteiger partial charge in [0, 0.05) is 44.1 Å². The number of nitrogens with zero attached hydrogens (tertiary/aromatic N) is 2. The number of fused-ring (bicyclic) bond motifs is 1. The Bertz CT molecular complexity index is 1230. The smallest absolute Gasteiger partial charge is 0.206 e. The van der Waals surface area contributed by atoms with Gasteiger partial charge in [-0.25, -0.2) is 4.99 Å². The van der Waals surface area contributed by atoms with Gasteiger partial charge in [0.15, 0.2) is 0 Å². The second-order valence-electron chi connectivity index (χ2n) is 8.89. The molecule has 0 heterocycles. The molecule has 3 aromatic carbocycles. The second kappa shape index (κ2) is 11.2. The first-order valence-corrected chi connectivity index (χ1v) is 12.9. The molecular formula is C32H38N3+. The Morgan fingerprint density at radius 2 is 1.23 bits per heavy atom. The van der Waals surface area contributed by atoms with E-state index in [1.165, 1.54) is 50.5 Å². The van der Waals surface area contributed by atoms with Gasteiger partial charge in [0.1, 0.15) is 6.54 Å². The maximum absolute atomic E-state index is 3.54. The molecule has 0 aromatic heterocycles. The molecule has 0 aliphatic heterocycles. The molecule has 0 spiro atoms. The maximum Gasteiger partial charge on any atom is 0.206 e. The van der Waals surface area contributed by atoms with Crippen molar-refractivity contribution in [3.05, 3.63) is 107 Å². The van der Waals surface area contributed by atoms with Crippen molar-refractivity contribution in [2.45, 2.75) is 27.7 Å². The van der Waals surface area contributed by atoms with Gasteiger partial charge in [-0.05, 0) is 91.9 Å². The summed E-state index contributed by atoms with van der Waals surface area (Å²) in [5, 5.41) is 0. The topological polar surface area (TPSA) is 20.5 Å². The van der Waals surface area contributed by atoms with Crippen LogP contribution in [0, 0.1) is 0 Å². The lowest BCUT2D eigenvalue weighted by Gasteiger charge is -2.23. The zero-order valence-electron chi connectivity index (χ0n) is 21.8. The van der Waals surface area contributed by atoms with Crippen LogP contribution in [0.5, 0.6) is 0 Å². The highest BCUT2D eigenvalue weighted by atomic mass is 15.1. The molecule has 4 rings (SSSR count). The minimum absolute atomic E-state index is 0.902. The van der Waals surface area contributed by atoms with E-state index in [9.17, 15) is 0 Å². The van der Waals surface area contributed by atoms with Crippen LogP contribution in [0.25, 0.3) is 11.1 Å². The number of benzene rings is 3. The zero-order valence-corrected chi connectivity index (χ0v) is 21.8. The predicted octanol–water partition coefficient (Wildman–Crippen LogP) is 5.41. The molecule has 0 bridgehead atoms. The van der Waals surface area contributed by atoms with Gasteiger partial charge in [-0.15, -0.1) is 0 Å². The highest BCUT2D eigenvalue weighted by Crippen LogP contribution is 2.37. The summed E-state index contributed by atoms with van der Waals surface area (Å²) in [4.78, 5) is 8.19. The van der Waals surface area contributed by atoms with E-state index in [4.69, 9.17) is 0 Å². The van der Waals surface area contributed by atoms with Crippen LogP contribution in [0.15, 0.2) is 84.9 Å². The van der Waals surface area contributed by atoms with Crippen molar-refractivity contribution in [1.82, 2.24) is 0 Å². The van der Waals surface area contributed by atoms with Gasteiger partial charge in [0.25, 0.3) is 0 Å². The molecule has 1 aliphatic rings. The van der Waals surface area contributed by atoms with Crippen molar-refractivity contribution in [3.63, 3.8) is 0 Å². The molecule has 1 N–H and O–H groups in total. The Morgan fingerprint density at radius 1 is 0.657 bits per heavy atom. The second-order valence-corrected chi connectivity index (χ2v) is 8.89. The van der Waals surface area contributed by atoms with Crippen molar-refractivity contribution in [2.24, 2.45) is 0 Å². The molecule has 0 radical (unpaired) electrons. The lowest BCUT2D eigenvalue weighted by molar-refractivity contribution is -0.450. The fraction of sp³-hybridized carbons (Fsp3) is 0.281. The van der Waals surface area contributed by atoms with E-state index in [0.717, 1.165) is 26.2 Å². The first-order valence-electron chi connectivity index (χ1n) is 12.9. The van der Waals surface area contributed by atoms with Gasteiger partial charge in [-0.1, -0.05) is 42.5 Å². The molecular weight excluding hydrogens is 426 g/mol. The van der Waals surface area contributed by atoms with Gasteiger partial charge in [0.2, 0.25) is 5.71 Å². The summed E-state index contributed by atoms with van der Waals surface area (Å²) in [7, 11) is 2.14. The summed E-state index contributed by atoms with van der Waals surface area (Å²) in [5.41, 5.74) is 11.2. The lowest BCUT2D eigenvalue weighted by Crippen LogP contribution is -2.72. The summed E-state index contributed by atoms with van der Waals surface area (Å²) in [6.07, 6.45) is 4.50. The Balaban J connectivity index is 1.91. The van der Waals surface area contributed by atoms with Crippen molar-refractivity contribution in [2.75, 3.05) is 43.0 Å². The Morgan fingerprint density at radius 3 is 1.77 bits per heavy atom. The number of nitrogens with one attached hydrogen (secondary N) is 1. The summed E-state index contributed by atoms with van der Waals surface area (Å²) in [5.74, 6) is 0. The molecule has 35 heavy (non-hydrogen) atoms. The minimum Gasteiger partial charge on any atom is -0.375 e. The molecule has 0 fully saturated rings. The van der Waals surface area contributed by atoms with Crippen LogP contribution in [0.2, 0.25) is 0 Å². The maximum atomic E-state index is 3.54. The molecule has 3 nitrogen and oxygen atoms in total. The van der Waals surface area contributed by atoms with Crippen LogP contribution in [0.4, 0.5) is 11.4 Å². The fourth-order valence-electron chi connectivity index (χ4n) is 4.83. The van der Waals surface area contributed by atoms with Crippen LogP contribution >= 0.6 is 0 Å². The normalized spacial score (nSPS) is 15.2. The van der Waals surface area contributed by atoms with E-state index in [0.29, 0.717) is 0 Å². The quantitative estimate of drug-likeness (QED) is 0.481. The summed E-state index contributed by atoms with van der Waals surface area (Å²) in [6.45, 7) is 12.7. The summed E-state index contributed by atoms with van der Waals surface area (Å²) in [6, 6.07) is 26.8. The molecule has 0 saturated heterocycles. The van der Waals surface area contributed by atoms with Crippen LogP contribution < -0.4 is 14.8 Å². The largest absolute Gasteiger partial charge is 0.375 e. The SMILES string of the molecule is CC[NH+]=C1C=C/C(=C(/c2ccc(N(C)CC)cc2)c2ccc(N(CC)CC)cc2)c2ccccc21. The molecule has 180 valence electrons. The van der Waals surface area contributed by atoms with Crippen LogP contribution in [0.1, 0.15) is 49.9 Å². The van der Waals surface area contributed by atoms with Crippen molar-refractivity contribution >= 4 is 28.2 Å². The first kappa shape index (κ1) is 24.5. The number of hydrogen-bond acceptors (Lipinski definition) is 2. The molecule has 0 amide bonds. The number of allylic oxidation sites excluding steroid dienone is 3. The average Bonchev–Trinajstić information content (AvgIpc) is 2.91. The van der Waals surface area contributed by atoms with E-state index in [-0.39, 0.29) is 0 Å². The standard InChI is InChI=1S/C32H37N3/c1-6-33-31-23-22-30(28-12-10-11-13-29(28)31)32(24-14-18-26(19-15-24)34(5)7-2)25-16-20-27(21-17-25)35(8-3)9-4/h10-23H,6-9H2,1-5H3/p+1/b32-30+,33-31?. The van der Waals surface area contributed by atoms with E-state index in [2.05, 4.69) is 134 Å². The highest BCUT2D eigenvalue weighted by Gasteiger charge is 2.22. The minimum atomic E-state index is 0.902. The zero-order chi connectivity index (χ0) is 24.8. The third-order valence-corrected chi connectivity index (χ3v) is 6.92. The van der Waals surface area contributed by atoms with Crippen LogP contribution in [-0.4, -0.2) is 38.9 Å². The van der Waals surface area contributed by atoms with Crippen molar-refractivity contribution in [3.8, 4) is 0 Å². The number of hydrogen-bond donors (Lipinski definition) is 1. The molecule has 3 heteroatoms. The van der Waals surface area contributed by atoms with Gasteiger partial charge in [-0.3, -0.25) is 0 Å². The van der Waals surface area contributed by atoms with Gasteiger partial charge < -0.3 is 9.80 Å². The monoisotopic (exact) mass is 464 g/mol. The number of anilines is 2. The van der Waals surface area contributed by atoms with E-state index < -0.39 is 0 Å². The van der Waals surface area contributed by atoms with E-state index in [1.807, 2.05) is 0 Å². The van der Waals surface area contributed by atoms with Gasteiger partial charge in [-0.2, -0.15) is 0 Å². The van der Waals surface area contributed by atoms with Crippen molar-refractivity contribution < 1.29 is 4.99 Å². The third kappa shape index (κ3) is 5.09. The molecule has 0 unspecified atom stereocenters.